The molecular weight excluding hydrogens is 340 g/mol. The molecule has 0 aliphatic rings. The van der Waals surface area contributed by atoms with Crippen molar-refractivity contribution in [1.82, 2.24) is 5.32 Å². The third kappa shape index (κ3) is 7.77. The number of unbranched alkanes of at least 4 members (excludes halogenated alkanes) is 3. The summed E-state index contributed by atoms with van der Waals surface area (Å²) in [5, 5.41) is 3.37. The highest BCUT2D eigenvalue weighted by molar-refractivity contribution is 9.10. The fourth-order valence-electron chi connectivity index (χ4n) is 2.16. The summed E-state index contributed by atoms with van der Waals surface area (Å²) in [4.78, 5) is 0. The first-order valence-corrected chi connectivity index (χ1v) is 8.28. The molecule has 1 N–H and O–H groups in total. The SMILES string of the molecule is CCCCCCC(C)NCc1cc(Br)ccc1OC(F)F. The topological polar surface area (TPSA) is 21.3 Å². The molecule has 21 heavy (non-hydrogen) atoms. The Labute approximate surface area is 134 Å². The molecule has 1 aromatic carbocycles. The Morgan fingerprint density at radius 1 is 1.24 bits per heavy atom. The molecule has 0 radical (unpaired) electrons. The Balaban J connectivity index is 2.47. The van der Waals surface area contributed by atoms with Crippen molar-refractivity contribution in [3.63, 3.8) is 0 Å². The van der Waals surface area contributed by atoms with Gasteiger partial charge in [-0.25, -0.2) is 0 Å². The molecule has 1 atom stereocenters. The average molecular weight is 364 g/mol. The van der Waals surface area contributed by atoms with Gasteiger partial charge < -0.3 is 10.1 Å². The van der Waals surface area contributed by atoms with Gasteiger partial charge in [0.15, 0.2) is 0 Å². The molecule has 0 saturated carbocycles. The van der Waals surface area contributed by atoms with Crippen molar-refractivity contribution in [3.8, 4) is 5.75 Å². The maximum atomic E-state index is 12.4. The van der Waals surface area contributed by atoms with E-state index in [2.05, 4.69) is 39.8 Å². The number of hydrogen-bond acceptors (Lipinski definition) is 2. The number of hydrogen-bond donors (Lipinski definition) is 1. The molecule has 1 rings (SSSR count). The summed E-state index contributed by atoms with van der Waals surface area (Å²) < 4.78 is 30.2. The number of alkyl halides is 2. The molecule has 1 unspecified atom stereocenters. The lowest BCUT2D eigenvalue weighted by molar-refractivity contribution is -0.0505. The van der Waals surface area contributed by atoms with Crippen LogP contribution in [-0.2, 0) is 6.54 Å². The van der Waals surface area contributed by atoms with Crippen LogP contribution < -0.4 is 10.1 Å². The van der Waals surface area contributed by atoms with Crippen molar-refractivity contribution in [1.29, 1.82) is 0 Å². The first-order chi connectivity index (χ1) is 10.0. The average Bonchev–Trinajstić information content (AvgIpc) is 2.43. The summed E-state index contributed by atoms with van der Waals surface area (Å²) in [6.45, 7) is 2.05. The summed E-state index contributed by atoms with van der Waals surface area (Å²) in [6, 6.07) is 5.45. The van der Waals surface area contributed by atoms with E-state index in [1.165, 1.54) is 25.7 Å². The summed E-state index contributed by atoms with van der Waals surface area (Å²) >= 11 is 3.36. The van der Waals surface area contributed by atoms with E-state index < -0.39 is 6.61 Å². The van der Waals surface area contributed by atoms with Gasteiger partial charge in [-0.1, -0.05) is 48.5 Å². The second-order valence-electron chi connectivity index (χ2n) is 5.26. The minimum Gasteiger partial charge on any atom is -0.434 e. The van der Waals surface area contributed by atoms with Gasteiger partial charge in [0, 0.05) is 22.6 Å². The van der Waals surface area contributed by atoms with Crippen LogP contribution in [0.2, 0.25) is 0 Å². The minimum atomic E-state index is -2.80. The molecule has 0 saturated heterocycles. The van der Waals surface area contributed by atoms with E-state index in [1.807, 2.05) is 6.07 Å². The van der Waals surface area contributed by atoms with Crippen LogP contribution in [0.4, 0.5) is 8.78 Å². The van der Waals surface area contributed by atoms with Crippen LogP contribution >= 0.6 is 15.9 Å². The smallest absolute Gasteiger partial charge is 0.387 e. The largest absolute Gasteiger partial charge is 0.434 e. The Kier molecular flexibility index (Phi) is 8.85. The molecule has 0 amide bonds. The van der Waals surface area contributed by atoms with Crippen molar-refractivity contribution in [2.75, 3.05) is 0 Å². The second kappa shape index (κ2) is 10.1. The van der Waals surface area contributed by atoms with E-state index in [0.29, 0.717) is 12.6 Å². The number of benzene rings is 1. The predicted octanol–water partition coefficient (Wildman–Crippen LogP) is 5.50. The van der Waals surface area contributed by atoms with E-state index in [9.17, 15) is 8.78 Å². The molecule has 0 aliphatic carbocycles. The Hall–Kier alpha value is -0.680. The van der Waals surface area contributed by atoms with Gasteiger partial charge in [-0.3, -0.25) is 0 Å². The molecule has 0 heterocycles. The highest BCUT2D eigenvalue weighted by Gasteiger charge is 2.11. The molecule has 5 heteroatoms. The maximum absolute atomic E-state index is 12.4. The Bertz CT molecular complexity index is 415. The molecule has 2 nitrogen and oxygen atoms in total. The van der Waals surface area contributed by atoms with Gasteiger partial charge in [0.05, 0.1) is 0 Å². The van der Waals surface area contributed by atoms with Crippen molar-refractivity contribution >= 4 is 15.9 Å². The Morgan fingerprint density at radius 3 is 2.67 bits per heavy atom. The fourth-order valence-corrected chi connectivity index (χ4v) is 2.57. The number of rotatable bonds is 10. The van der Waals surface area contributed by atoms with Gasteiger partial charge in [0.2, 0.25) is 0 Å². The first-order valence-electron chi connectivity index (χ1n) is 7.49. The van der Waals surface area contributed by atoms with Gasteiger partial charge in [-0.05, 0) is 31.5 Å². The molecule has 1 aromatic rings. The quantitative estimate of drug-likeness (QED) is 0.554. The van der Waals surface area contributed by atoms with Crippen LogP contribution in [0.15, 0.2) is 22.7 Å². The van der Waals surface area contributed by atoms with E-state index in [4.69, 9.17) is 0 Å². The molecule has 0 aliphatic heterocycles. The van der Waals surface area contributed by atoms with Crippen molar-refractivity contribution in [3.05, 3.63) is 28.2 Å². The van der Waals surface area contributed by atoms with E-state index in [1.54, 1.807) is 12.1 Å². The van der Waals surface area contributed by atoms with Gasteiger partial charge in [-0.2, -0.15) is 8.78 Å². The van der Waals surface area contributed by atoms with Crippen molar-refractivity contribution in [2.45, 2.75) is 65.1 Å². The molecule has 0 aromatic heterocycles. The second-order valence-corrected chi connectivity index (χ2v) is 6.18. The van der Waals surface area contributed by atoms with Gasteiger partial charge >= 0.3 is 6.61 Å². The number of halogens is 3. The zero-order valence-electron chi connectivity index (χ0n) is 12.7. The van der Waals surface area contributed by atoms with E-state index >= 15 is 0 Å². The molecule has 120 valence electrons. The standard InChI is InChI=1S/C16H24BrF2NO/c1-3-4-5-6-7-12(2)20-11-13-10-14(17)8-9-15(13)21-16(18)19/h8-10,12,16,20H,3-7,11H2,1-2H3. The van der Waals surface area contributed by atoms with Crippen LogP contribution in [-0.4, -0.2) is 12.7 Å². The molecule has 0 spiro atoms. The molecule has 0 fully saturated rings. The lowest BCUT2D eigenvalue weighted by Gasteiger charge is -2.16. The molecule has 0 bridgehead atoms. The predicted molar refractivity (Wildman–Crippen MR) is 85.8 cm³/mol. The Morgan fingerprint density at radius 2 is 2.00 bits per heavy atom. The van der Waals surface area contributed by atoms with E-state index in [0.717, 1.165) is 16.5 Å². The number of ether oxygens (including phenoxy) is 1. The summed E-state index contributed by atoms with van der Waals surface area (Å²) in [5.41, 5.74) is 0.741. The monoisotopic (exact) mass is 363 g/mol. The van der Waals surface area contributed by atoms with Crippen molar-refractivity contribution in [2.24, 2.45) is 0 Å². The normalized spacial score (nSPS) is 12.7. The van der Waals surface area contributed by atoms with Crippen LogP contribution in [0.5, 0.6) is 5.75 Å². The first kappa shape index (κ1) is 18.4. The summed E-state index contributed by atoms with van der Waals surface area (Å²) in [7, 11) is 0. The lowest BCUT2D eigenvalue weighted by atomic mass is 10.1. The third-order valence-electron chi connectivity index (χ3n) is 3.37. The molecular formula is C16H24BrF2NO. The van der Waals surface area contributed by atoms with Crippen LogP contribution in [0, 0.1) is 0 Å². The minimum absolute atomic E-state index is 0.235. The van der Waals surface area contributed by atoms with E-state index in [-0.39, 0.29) is 5.75 Å². The highest BCUT2D eigenvalue weighted by Crippen LogP contribution is 2.25. The zero-order chi connectivity index (χ0) is 15.7. The summed E-state index contributed by atoms with van der Waals surface area (Å²) in [5.74, 6) is 0.235. The lowest BCUT2D eigenvalue weighted by Crippen LogP contribution is -2.25. The van der Waals surface area contributed by atoms with Crippen LogP contribution in [0.1, 0.15) is 51.5 Å². The highest BCUT2D eigenvalue weighted by atomic mass is 79.9. The van der Waals surface area contributed by atoms with Crippen molar-refractivity contribution < 1.29 is 13.5 Å². The summed E-state index contributed by atoms with van der Waals surface area (Å²) in [6.07, 6.45) is 6.04. The van der Waals surface area contributed by atoms with Crippen LogP contribution in [0.3, 0.4) is 0 Å². The van der Waals surface area contributed by atoms with Gasteiger partial charge in [0.1, 0.15) is 5.75 Å². The number of nitrogens with one attached hydrogen (secondary N) is 1. The maximum Gasteiger partial charge on any atom is 0.387 e. The third-order valence-corrected chi connectivity index (χ3v) is 3.86. The van der Waals surface area contributed by atoms with Gasteiger partial charge in [-0.15, -0.1) is 0 Å². The van der Waals surface area contributed by atoms with Gasteiger partial charge in [0.25, 0.3) is 0 Å². The zero-order valence-corrected chi connectivity index (χ0v) is 14.3. The van der Waals surface area contributed by atoms with Crippen LogP contribution in [0.25, 0.3) is 0 Å². The fraction of sp³-hybridized carbons (Fsp3) is 0.625.